The van der Waals surface area contributed by atoms with Crippen LogP contribution in [0.2, 0.25) is 0 Å². The highest BCUT2D eigenvalue weighted by Crippen LogP contribution is 2.23. The van der Waals surface area contributed by atoms with Gasteiger partial charge < -0.3 is 4.52 Å². The first-order chi connectivity index (χ1) is 13.8. The zero-order chi connectivity index (χ0) is 21.0. The molecular formula is C19H18N4O5S. The molecule has 0 bridgehead atoms. The SMILES string of the molecule is C=CCN(Cc1nc(-c2cccc(C)c2)no1)S(=O)(=O)c1cccc([N+](=O)[O-])c1. The summed E-state index contributed by atoms with van der Waals surface area (Å²) in [5.74, 6) is 0.437. The molecule has 0 N–H and O–H groups in total. The van der Waals surface area contributed by atoms with Gasteiger partial charge in [-0.3, -0.25) is 10.1 Å². The second-order valence-corrected chi connectivity index (χ2v) is 8.16. The Morgan fingerprint density at radius 3 is 2.69 bits per heavy atom. The lowest BCUT2D eigenvalue weighted by Gasteiger charge is -2.18. The van der Waals surface area contributed by atoms with Crippen LogP contribution in [-0.2, 0) is 16.6 Å². The molecule has 0 spiro atoms. The molecular weight excluding hydrogens is 396 g/mol. The van der Waals surface area contributed by atoms with Crippen LogP contribution in [0.1, 0.15) is 11.5 Å². The third-order valence-electron chi connectivity index (χ3n) is 4.05. The van der Waals surface area contributed by atoms with E-state index in [1.165, 1.54) is 24.3 Å². The molecule has 3 aromatic rings. The van der Waals surface area contributed by atoms with Gasteiger partial charge >= 0.3 is 0 Å². The summed E-state index contributed by atoms with van der Waals surface area (Å²) in [6.07, 6.45) is 1.41. The molecule has 9 nitrogen and oxygen atoms in total. The van der Waals surface area contributed by atoms with Gasteiger partial charge in [0, 0.05) is 24.2 Å². The number of nitro groups is 1. The van der Waals surface area contributed by atoms with Gasteiger partial charge in [0.2, 0.25) is 21.7 Å². The van der Waals surface area contributed by atoms with Crippen molar-refractivity contribution in [1.29, 1.82) is 0 Å². The van der Waals surface area contributed by atoms with Gasteiger partial charge in [0.25, 0.3) is 5.69 Å². The average Bonchev–Trinajstić information content (AvgIpc) is 3.16. The lowest BCUT2D eigenvalue weighted by Crippen LogP contribution is -2.31. The highest BCUT2D eigenvalue weighted by Gasteiger charge is 2.27. The molecule has 0 saturated heterocycles. The molecule has 0 unspecified atom stereocenters. The van der Waals surface area contributed by atoms with Crippen molar-refractivity contribution in [2.24, 2.45) is 0 Å². The molecule has 3 rings (SSSR count). The van der Waals surface area contributed by atoms with E-state index in [2.05, 4.69) is 16.7 Å². The van der Waals surface area contributed by atoms with Crippen molar-refractivity contribution in [3.05, 3.63) is 82.8 Å². The Bertz CT molecular complexity index is 1160. The summed E-state index contributed by atoms with van der Waals surface area (Å²) in [4.78, 5) is 14.4. The summed E-state index contributed by atoms with van der Waals surface area (Å²) in [5, 5.41) is 14.9. The summed E-state index contributed by atoms with van der Waals surface area (Å²) >= 11 is 0. The first-order valence-corrected chi connectivity index (χ1v) is 10.0. The molecule has 0 saturated carbocycles. The standard InChI is InChI=1S/C19H18N4O5S/c1-3-10-22(29(26,27)17-9-5-8-16(12-17)23(24)25)13-18-20-19(21-28-18)15-7-4-6-14(2)11-15/h3-9,11-12H,1,10,13H2,2H3. The highest BCUT2D eigenvalue weighted by molar-refractivity contribution is 7.89. The zero-order valence-electron chi connectivity index (χ0n) is 15.6. The minimum Gasteiger partial charge on any atom is -0.338 e. The Balaban J connectivity index is 1.90. The van der Waals surface area contributed by atoms with E-state index in [4.69, 9.17) is 4.52 Å². The summed E-state index contributed by atoms with van der Waals surface area (Å²) in [6.45, 7) is 5.28. The minimum atomic E-state index is -4.05. The van der Waals surface area contributed by atoms with Gasteiger partial charge in [0.05, 0.1) is 16.4 Å². The summed E-state index contributed by atoms with van der Waals surface area (Å²) in [5.41, 5.74) is 1.45. The van der Waals surface area contributed by atoms with E-state index in [0.29, 0.717) is 5.82 Å². The van der Waals surface area contributed by atoms with Gasteiger partial charge in [0.15, 0.2) is 0 Å². The van der Waals surface area contributed by atoms with Gasteiger partial charge in [-0.2, -0.15) is 9.29 Å². The number of non-ortho nitro benzene ring substituents is 1. The van der Waals surface area contributed by atoms with Crippen LogP contribution in [0.15, 0.2) is 70.6 Å². The number of rotatable bonds is 8. The predicted molar refractivity (Wildman–Crippen MR) is 105 cm³/mol. The van der Waals surface area contributed by atoms with Crippen LogP contribution in [0.5, 0.6) is 0 Å². The van der Waals surface area contributed by atoms with Crippen LogP contribution < -0.4 is 0 Å². The molecule has 0 fully saturated rings. The number of hydrogen-bond donors (Lipinski definition) is 0. The first-order valence-electron chi connectivity index (χ1n) is 8.56. The van der Waals surface area contributed by atoms with Gasteiger partial charge in [-0.15, -0.1) is 6.58 Å². The second-order valence-electron chi connectivity index (χ2n) is 6.22. The number of nitrogens with zero attached hydrogens (tertiary/aromatic N) is 4. The number of sulfonamides is 1. The molecule has 1 aromatic heterocycles. The van der Waals surface area contributed by atoms with E-state index in [-0.39, 0.29) is 29.6 Å². The van der Waals surface area contributed by atoms with Crippen molar-refractivity contribution >= 4 is 15.7 Å². The van der Waals surface area contributed by atoms with Crippen LogP contribution in [0.4, 0.5) is 5.69 Å². The van der Waals surface area contributed by atoms with Gasteiger partial charge in [-0.1, -0.05) is 41.1 Å². The van der Waals surface area contributed by atoms with Crippen molar-refractivity contribution < 1.29 is 17.9 Å². The third-order valence-corrected chi connectivity index (χ3v) is 5.86. The Labute approximate surface area is 167 Å². The quantitative estimate of drug-likeness (QED) is 0.315. The largest absolute Gasteiger partial charge is 0.338 e. The molecule has 29 heavy (non-hydrogen) atoms. The monoisotopic (exact) mass is 414 g/mol. The third kappa shape index (κ3) is 4.55. The van der Waals surface area contributed by atoms with Gasteiger partial charge in [0.1, 0.15) is 0 Å². The first kappa shape index (κ1) is 20.4. The summed E-state index contributed by atoms with van der Waals surface area (Å²) in [7, 11) is -4.05. The van der Waals surface area contributed by atoms with E-state index in [1.807, 2.05) is 31.2 Å². The van der Waals surface area contributed by atoms with Gasteiger partial charge in [-0.05, 0) is 19.1 Å². The Hall–Kier alpha value is -3.37. The van der Waals surface area contributed by atoms with E-state index < -0.39 is 14.9 Å². The highest BCUT2D eigenvalue weighted by atomic mass is 32.2. The minimum absolute atomic E-state index is 0.0345. The molecule has 0 radical (unpaired) electrons. The van der Waals surface area contributed by atoms with Crippen molar-refractivity contribution in [2.45, 2.75) is 18.4 Å². The van der Waals surface area contributed by atoms with Crippen molar-refractivity contribution in [3.63, 3.8) is 0 Å². The maximum atomic E-state index is 13.0. The molecule has 0 aliphatic rings. The van der Waals surface area contributed by atoms with Crippen LogP contribution in [0.25, 0.3) is 11.4 Å². The molecule has 150 valence electrons. The molecule has 10 heteroatoms. The fourth-order valence-corrected chi connectivity index (χ4v) is 4.07. The van der Waals surface area contributed by atoms with Crippen LogP contribution in [-0.4, -0.2) is 34.3 Å². The maximum Gasteiger partial charge on any atom is 0.270 e. The Morgan fingerprint density at radius 1 is 1.24 bits per heavy atom. The number of aromatic nitrogens is 2. The molecule has 0 aliphatic heterocycles. The number of aryl methyl sites for hydroxylation is 1. The van der Waals surface area contributed by atoms with Crippen molar-refractivity contribution in [3.8, 4) is 11.4 Å². The van der Waals surface area contributed by atoms with Crippen LogP contribution in [0.3, 0.4) is 0 Å². The van der Waals surface area contributed by atoms with Gasteiger partial charge in [-0.25, -0.2) is 8.42 Å². The van der Waals surface area contributed by atoms with Crippen molar-refractivity contribution in [2.75, 3.05) is 6.54 Å². The molecule has 1 heterocycles. The van der Waals surface area contributed by atoms with Crippen LogP contribution in [0, 0.1) is 17.0 Å². The lowest BCUT2D eigenvalue weighted by molar-refractivity contribution is -0.385. The Kier molecular flexibility index (Phi) is 5.85. The van der Waals surface area contributed by atoms with E-state index >= 15 is 0 Å². The number of benzene rings is 2. The summed E-state index contributed by atoms with van der Waals surface area (Å²) < 4.78 is 32.3. The topological polar surface area (TPSA) is 119 Å². The summed E-state index contributed by atoms with van der Waals surface area (Å²) in [6, 6.07) is 12.4. The molecule has 0 aliphatic carbocycles. The molecule has 0 atom stereocenters. The average molecular weight is 414 g/mol. The Morgan fingerprint density at radius 2 is 2.00 bits per heavy atom. The fourth-order valence-electron chi connectivity index (χ4n) is 2.67. The molecule has 0 amide bonds. The smallest absolute Gasteiger partial charge is 0.270 e. The maximum absolute atomic E-state index is 13.0. The van der Waals surface area contributed by atoms with Crippen LogP contribution >= 0.6 is 0 Å². The predicted octanol–water partition coefficient (Wildman–Crippen LogP) is 3.33. The normalized spacial score (nSPS) is 11.5. The fraction of sp³-hybridized carbons (Fsp3) is 0.158. The second kappa shape index (κ2) is 8.33. The van der Waals surface area contributed by atoms with E-state index in [9.17, 15) is 18.5 Å². The lowest BCUT2D eigenvalue weighted by atomic mass is 10.1. The zero-order valence-corrected chi connectivity index (χ0v) is 16.4. The molecule has 2 aromatic carbocycles. The number of nitro benzene ring substituents is 1. The number of hydrogen-bond acceptors (Lipinski definition) is 7. The van der Waals surface area contributed by atoms with E-state index in [0.717, 1.165) is 21.5 Å². The van der Waals surface area contributed by atoms with Crippen molar-refractivity contribution in [1.82, 2.24) is 14.4 Å². The van der Waals surface area contributed by atoms with E-state index in [1.54, 1.807) is 0 Å².